The molecule has 1 unspecified atom stereocenters. The lowest BCUT2D eigenvalue weighted by molar-refractivity contribution is 0.491. The van der Waals surface area contributed by atoms with Gasteiger partial charge >= 0.3 is 0 Å². The number of aromatic amines is 1. The standard InChI is InChI=1S/C14H19N5/c1-10-8-16-14(17-10)12-4-3-7-19(9-12)13-5-6-15-11(2)18-13/h5-6,8,12H,3-4,7,9H2,1-2H3,(H,16,17). The SMILES string of the molecule is Cc1nccc(N2CCCC(c3ncc(C)[nH]3)C2)n1. The Hall–Kier alpha value is -1.91. The quantitative estimate of drug-likeness (QED) is 0.896. The highest BCUT2D eigenvalue weighted by atomic mass is 15.2. The Morgan fingerprint density at radius 1 is 1.32 bits per heavy atom. The fourth-order valence-electron chi connectivity index (χ4n) is 2.67. The van der Waals surface area contributed by atoms with E-state index in [9.17, 15) is 0 Å². The van der Waals surface area contributed by atoms with Gasteiger partial charge in [0.1, 0.15) is 17.5 Å². The van der Waals surface area contributed by atoms with Gasteiger partial charge in [0.25, 0.3) is 0 Å². The van der Waals surface area contributed by atoms with Crippen LogP contribution in [0.3, 0.4) is 0 Å². The minimum Gasteiger partial charge on any atom is -0.356 e. The van der Waals surface area contributed by atoms with Gasteiger partial charge in [-0.3, -0.25) is 0 Å². The average Bonchev–Trinajstić information content (AvgIpc) is 2.86. The molecule has 0 saturated carbocycles. The van der Waals surface area contributed by atoms with E-state index in [-0.39, 0.29) is 0 Å². The van der Waals surface area contributed by atoms with Gasteiger partial charge in [0, 0.05) is 37.1 Å². The lowest BCUT2D eigenvalue weighted by atomic mass is 9.97. The zero-order chi connectivity index (χ0) is 13.2. The zero-order valence-corrected chi connectivity index (χ0v) is 11.4. The molecule has 3 rings (SSSR count). The first-order valence-electron chi connectivity index (χ1n) is 6.78. The molecule has 100 valence electrons. The Balaban J connectivity index is 1.78. The molecule has 2 aromatic heterocycles. The van der Waals surface area contributed by atoms with Crippen LogP contribution in [0.5, 0.6) is 0 Å². The molecule has 1 fully saturated rings. The number of imidazole rings is 1. The summed E-state index contributed by atoms with van der Waals surface area (Å²) in [6, 6.07) is 1.99. The maximum absolute atomic E-state index is 4.51. The van der Waals surface area contributed by atoms with Gasteiger partial charge in [-0.2, -0.15) is 0 Å². The van der Waals surface area contributed by atoms with E-state index >= 15 is 0 Å². The molecule has 2 aromatic rings. The van der Waals surface area contributed by atoms with E-state index in [2.05, 4.69) is 24.8 Å². The number of nitrogens with one attached hydrogen (secondary N) is 1. The molecule has 5 nitrogen and oxygen atoms in total. The molecule has 5 heteroatoms. The fraction of sp³-hybridized carbons (Fsp3) is 0.500. The predicted octanol–water partition coefficient (Wildman–Crippen LogP) is 2.20. The normalized spacial score (nSPS) is 19.7. The zero-order valence-electron chi connectivity index (χ0n) is 11.4. The Kier molecular flexibility index (Phi) is 3.19. The lowest BCUT2D eigenvalue weighted by Crippen LogP contribution is -2.35. The van der Waals surface area contributed by atoms with E-state index in [1.807, 2.05) is 32.3 Å². The second kappa shape index (κ2) is 4.99. The van der Waals surface area contributed by atoms with Gasteiger partial charge in [-0.1, -0.05) is 0 Å². The largest absolute Gasteiger partial charge is 0.356 e. The number of hydrogen-bond donors (Lipinski definition) is 1. The summed E-state index contributed by atoms with van der Waals surface area (Å²) in [6.07, 6.45) is 6.10. The van der Waals surface area contributed by atoms with Crippen molar-refractivity contribution in [2.24, 2.45) is 0 Å². The van der Waals surface area contributed by atoms with Crippen LogP contribution in [0.15, 0.2) is 18.5 Å². The number of piperidine rings is 1. The second-order valence-electron chi connectivity index (χ2n) is 5.20. The molecule has 0 aliphatic carbocycles. The average molecular weight is 257 g/mol. The van der Waals surface area contributed by atoms with Crippen LogP contribution in [-0.2, 0) is 0 Å². The number of aromatic nitrogens is 4. The summed E-state index contributed by atoms with van der Waals surface area (Å²) < 4.78 is 0. The number of H-pyrrole nitrogens is 1. The molecule has 3 heterocycles. The van der Waals surface area contributed by atoms with Gasteiger partial charge in [-0.25, -0.2) is 15.0 Å². The molecule has 1 atom stereocenters. The second-order valence-corrected chi connectivity index (χ2v) is 5.20. The molecule has 19 heavy (non-hydrogen) atoms. The van der Waals surface area contributed by atoms with Gasteiger partial charge in [-0.05, 0) is 32.8 Å². The van der Waals surface area contributed by atoms with Crippen LogP contribution in [0.25, 0.3) is 0 Å². The summed E-state index contributed by atoms with van der Waals surface area (Å²) in [5.74, 6) is 3.43. The van der Waals surface area contributed by atoms with Crippen LogP contribution in [-0.4, -0.2) is 33.0 Å². The lowest BCUT2D eigenvalue weighted by Gasteiger charge is -2.32. The minimum absolute atomic E-state index is 0.470. The van der Waals surface area contributed by atoms with Crippen LogP contribution in [0.1, 0.15) is 36.1 Å². The third-order valence-corrected chi connectivity index (χ3v) is 3.62. The monoisotopic (exact) mass is 257 g/mol. The van der Waals surface area contributed by atoms with Gasteiger partial charge in [0.05, 0.1) is 0 Å². The van der Waals surface area contributed by atoms with E-state index in [4.69, 9.17) is 0 Å². The number of nitrogens with zero attached hydrogens (tertiary/aromatic N) is 4. The summed E-state index contributed by atoms with van der Waals surface area (Å²) in [7, 11) is 0. The molecule has 0 bridgehead atoms. The maximum atomic E-state index is 4.51. The predicted molar refractivity (Wildman–Crippen MR) is 74.3 cm³/mol. The Bertz CT molecular complexity index is 562. The van der Waals surface area contributed by atoms with Crippen LogP contribution in [0.2, 0.25) is 0 Å². The summed E-state index contributed by atoms with van der Waals surface area (Å²) in [5, 5.41) is 0. The van der Waals surface area contributed by atoms with Gasteiger partial charge < -0.3 is 9.88 Å². The van der Waals surface area contributed by atoms with Crippen LogP contribution >= 0.6 is 0 Å². The summed E-state index contributed by atoms with van der Waals surface area (Å²) in [4.78, 5) is 18.8. The van der Waals surface area contributed by atoms with Crippen LogP contribution < -0.4 is 4.90 Å². The number of rotatable bonds is 2. The van der Waals surface area contributed by atoms with Crippen molar-refractivity contribution in [3.05, 3.63) is 35.8 Å². The van der Waals surface area contributed by atoms with Crippen molar-refractivity contribution >= 4 is 5.82 Å². The third-order valence-electron chi connectivity index (χ3n) is 3.62. The molecule has 0 spiro atoms. The molecule has 0 amide bonds. The molecule has 1 saturated heterocycles. The molecular formula is C14H19N5. The van der Waals surface area contributed by atoms with Crippen molar-refractivity contribution in [3.8, 4) is 0 Å². The summed E-state index contributed by atoms with van der Waals surface area (Å²) in [5.41, 5.74) is 1.13. The Morgan fingerprint density at radius 2 is 2.21 bits per heavy atom. The van der Waals surface area contributed by atoms with Crippen molar-refractivity contribution in [2.75, 3.05) is 18.0 Å². The topological polar surface area (TPSA) is 57.7 Å². The minimum atomic E-state index is 0.470. The van der Waals surface area contributed by atoms with E-state index in [1.54, 1.807) is 0 Å². The first kappa shape index (κ1) is 12.1. The van der Waals surface area contributed by atoms with Crippen LogP contribution in [0, 0.1) is 13.8 Å². The van der Waals surface area contributed by atoms with Crippen molar-refractivity contribution in [1.29, 1.82) is 0 Å². The first-order chi connectivity index (χ1) is 9.22. The van der Waals surface area contributed by atoms with Crippen molar-refractivity contribution < 1.29 is 0 Å². The van der Waals surface area contributed by atoms with Crippen molar-refractivity contribution in [2.45, 2.75) is 32.6 Å². The third kappa shape index (κ3) is 2.59. The first-order valence-corrected chi connectivity index (χ1v) is 6.78. The molecule has 1 aliphatic heterocycles. The van der Waals surface area contributed by atoms with Gasteiger partial charge in [0.2, 0.25) is 0 Å². The number of anilines is 1. The highest BCUT2D eigenvalue weighted by Crippen LogP contribution is 2.27. The van der Waals surface area contributed by atoms with E-state index < -0.39 is 0 Å². The molecule has 0 aromatic carbocycles. The van der Waals surface area contributed by atoms with Gasteiger partial charge in [0.15, 0.2) is 0 Å². The van der Waals surface area contributed by atoms with Gasteiger partial charge in [-0.15, -0.1) is 0 Å². The molecule has 0 radical (unpaired) electrons. The number of aryl methyl sites for hydroxylation is 2. The smallest absolute Gasteiger partial charge is 0.132 e. The Labute approximate surface area is 113 Å². The van der Waals surface area contributed by atoms with Crippen LogP contribution in [0.4, 0.5) is 5.82 Å². The maximum Gasteiger partial charge on any atom is 0.132 e. The van der Waals surface area contributed by atoms with E-state index in [0.29, 0.717) is 5.92 Å². The Morgan fingerprint density at radius 3 is 2.95 bits per heavy atom. The molecule has 1 N–H and O–H groups in total. The van der Waals surface area contributed by atoms with E-state index in [1.165, 1.54) is 12.8 Å². The van der Waals surface area contributed by atoms with E-state index in [0.717, 1.165) is 36.3 Å². The highest BCUT2D eigenvalue weighted by molar-refractivity contribution is 5.38. The highest BCUT2D eigenvalue weighted by Gasteiger charge is 2.24. The fourth-order valence-corrected chi connectivity index (χ4v) is 2.67. The summed E-state index contributed by atoms with van der Waals surface area (Å²) >= 11 is 0. The molecular weight excluding hydrogens is 238 g/mol. The number of hydrogen-bond acceptors (Lipinski definition) is 4. The van der Waals surface area contributed by atoms with Crippen molar-refractivity contribution in [3.63, 3.8) is 0 Å². The summed E-state index contributed by atoms with van der Waals surface area (Å²) in [6.45, 7) is 6.02. The van der Waals surface area contributed by atoms with Crippen molar-refractivity contribution in [1.82, 2.24) is 19.9 Å². The molecule has 1 aliphatic rings.